The Labute approximate surface area is 81.4 Å². The lowest BCUT2D eigenvalue weighted by atomic mass is 10.0. The zero-order valence-electron chi connectivity index (χ0n) is 7.65. The lowest BCUT2D eigenvalue weighted by Crippen LogP contribution is -2.47. The van der Waals surface area contributed by atoms with Crippen LogP contribution in [0.3, 0.4) is 0 Å². The Balaban J connectivity index is 3.95. The minimum atomic E-state index is -1.63. The fraction of sp³-hybridized carbons (Fsp3) is 1.00. The molecule has 14 heavy (non-hydrogen) atoms. The highest BCUT2D eigenvalue weighted by Gasteiger charge is 2.29. The molecule has 0 aliphatic rings. The number of nitrogens with two attached hydrogens (primary N) is 1. The number of aliphatic hydroxyl groups excluding tert-OH is 5. The van der Waals surface area contributed by atoms with Gasteiger partial charge in [0.15, 0.2) is 0 Å². The van der Waals surface area contributed by atoms with Crippen LogP contribution < -0.4 is 5.73 Å². The Morgan fingerprint density at radius 1 is 1.00 bits per heavy atom. The Kier molecular flexibility index (Phi) is 6.93. The molecule has 0 unspecified atom stereocenters. The first kappa shape index (κ1) is 13.7. The molecule has 0 radical (unpaired) electrons. The lowest BCUT2D eigenvalue weighted by molar-refractivity contribution is -0.128. The Hall–Kier alpha value is -0.280. The monoisotopic (exact) mass is 211 g/mol. The number of rotatable bonds is 7. The second-order valence-electron chi connectivity index (χ2n) is 2.84. The molecule has 0 heterocycles. The second-order valence-corrected chi connectivity index (χ2v) is 2.84. The summed E-state index contributed by atoms with van der Waals surface area (Å²) < 4.78 is 4.59. The Morgan fingerprint density at radius 3 is 1.93 bits per heavy atom. The van der Waals surface area contributed by atoms with Gasteiger partial charge in [-0.2, -0.15) is 0 Å². The summed E-state index contributed by atoms with van der Waals surface area (Å²) in [7, 11) is 0. The molecule has 0 aliphatic heterocycles. The van der Waals surface area contributed by atoms with Gasteiger partial charge in [0.05, 0.1) is 19.9 Å². The van der Waals surface area contributed by atoms with Crippen molar-refractivity contribution in [3.05, 3.63) is 0 Å². The molecule has 0 fully saturated rings. The molecule has 0 amide bonds. The number of hydrogen-bond donors (Lipinski definition) is 6. The summed E-state index contributed by atoms with van der Waals surface area (Å²) in [6, 6.07) is 0. The van der Waals surface area contributed by atoms with Crippen LogP contribution in [0.2, 0.25) is 0 Å². The van der Waals surface area contributed by atoms with E-state index >= 15 is 0 Å². The molecular weight excluding hydrogens is 194 g/mol. The molecule has 7 N–H and O–H groups in total. The highest BCUT2D eigenvalue weighted by atomic mass is 16.5. The van der Waals surface area contributed by atoms with Crippen LogP contribution in [-0.4, -0.2) is 69.9 Å². The van der Waals surface area contributed by atoms with Crippen LogP contribution in [0, 0.1) is 0 Å². The Bertz CT molecular complexity index is 146. The van der Waals surface area contributed by atoms with E-state index in [0.717, 1.165) is 0 Å². The van der Waals surface area contributed by atoms with E-state index in [2.05, 4.69) is 4.74 Å². The lowest BCUT2D eigenvalue weighted by Gasteiger charge is -2.25. The van der Waals surface area contributed by atoms with E-state index in [-0.39, 0.29) is 13.3 Å². The van der Waals surface area contributed by atoms with Crippen molar-refractivity contribution in [1.29, 1.82) is 0 Å². The first-order valence-corrected chi connectivity index (χ1v) is 4.15. The summed E-state index contributed by atoms with van der Waals surface area (Å²) in [5.74, 6) is 0. The fourth-order valence-corrected chi connectivity index (χ4v) is 0.851. The van der Waals surface area contributed by atoms with E-state index in [1.165, 1.54) is 0 Å². The number of ether oxygens (including phenoxy) is 1. The molecule has 0 aromatic heterocycles. The molecule has 0 spiro atoms. The van der Waals surface area contributed by atoms with Gasteiger partial charge in [0, 0.05) is 0 Å². The number of hydrogen-bond acceptors (Lipinski definition) is 7. The first-order chi connectivity index (χ1) is 6.54. The zero-order chi connectivity index (χ0) is 11.1. The normalized spacial score (nSPS) is 20.1. The van der Waals surface area contributed by atoms with E-state index < -0.39 is 31.0 Å². The molecule has 0 aromatic carbocycles. The minimum Gasteiger partial charge on any atom is -0.394 e. The van der Waals surface area contributed by atoms with Crippen molar-refractivity contribution in [3.8, 4) is 0 Å². The van der Waals surface area contributed by atoms with Crippen LogP contribution in [0.4, 0.5) is 0 Å². The van der Waals surface area contributed by atoms with Gasteiger partial charge in [0.25, 0.3) is 0 Å². The van der Waals surface area contributed by atoms with Gasteiger partial charge in [0.1, 0.15) is 24.4 Å². The van der Waals surface area contributed by atoms with Crippen molar-refractivity contribution in [2.75, 3.05) is 19.9 Å². The average Bonchev–Trinajstić information content (AvgIpc) is 2.22. The number of aliphatic hydroxyl groups is 5. The molecule has 7 heteroatoms. The van der Waals surface area contributed by atoms with E-state index in [0.29, 0.717) is 0 Å². The standard InChI is InChI=1S/C7H17NO6/c8-3-14-2-5(11)7(13)6(12)4(10)1-9/h4-7,9-13H,1-3,8H2/t4-,5+,6-,7-/m1/s1. The summed E-state index contributed by atoms with van der Waals surface area (Å²) >= 11 is 0. The van der Waals surface area contributed by atoms with Gasteiger partial charge in [-0.3, -0.25) is 0 Å². The average molecular weight is 211 g/mol. The van der Waals surface area contributed by atoms with E-state index in [9.17, 15) is 10.2 Å². The molecule has 0 aromatic rings. The third-order valence-corrected chi connectivity index (χ3v) is 1.73. The summed E-state index contributed by atoms with van der Waals surface area (Å²) in [4.78, 5) is 0. The van der Waals surface area contributed by atoms with E-state index in [1.807, 2.05) is 0 Å². The highest BCUT2D eigenvalue weighted by molar-refractivity contribution is 4.80. The highest BCUT2D eigenvalue weighted by Crippen LogP contribution is 2.05. The smallest absolute Gasteiger partial charge is 0.111 e. The van der Waals surface area contributed by atoms with Gasteiger partial charge < -0.3 is 36.0 Å². The molecule has 7 nitrogen and oxygen atoms in total. The van der Waals surface area contributed by atoms with Crippen molar-refractivity contribution in [3.63, 3.8) is 0 Å². The maximum atomic E-state index is 9.22. The molecule has 4 atom stereocenters. The van der Waals surface area contributed by atoms with Gasteiger partial charge in [-0.15, -0.1) is 0 Å². The summed E-state index contributed by atoms with van der Waals surface area (Å²) in [6.45, 7) is -1.09. The van der Waals surface area contributed by atoms with Crippen molar-refractivity contribution in [2.24, 2.45) is 5.73 Å². The van der Waals surface area contributed by atoms with Crippen molar-refractivity contribution < 1.29 is 30.3 Å². The van der Waals surface area contributed by atoms with Crippen LogP contribution in [-0.2, 0) is 4.74 Å². The van der Waals surface area contributed by atoms with Crippen LogP contribution in [0.15, 0.2) is 0 Å². The molecular formula is C7H17NO6. The minimum absolute atomic E-state index is 0.123. The Morgan fingerprint density at radius 2 is 1.50 bits per heavy atom. The van der Waals surface area contributed by atoms with Crippen molar-refractivity contribution in [2.45, 2.75) is 24.4 Å². The SMILES string of the molecule is NCOC[C@H](O)[C@@H](O)[C@H](O)[C@H](O)CO. The van der Waals surface area contributed by atoms with Crippen LogP contribution >= 0.6 is 0 Å². The summed E-state index contributed by atoms with van der Waals surface area (Å²) in [5.41, 5.74) is 4.97. The topological polar surface area (TPSA) is 136 Å². The maximum Gasteiger partial charge on any atom is 0.111 e. The van der Waals surface area contributed by atoms with Crippen molar-refractivity contribution >= 4 is 0 Å². The maximum absolute atomic E-state index is 9.22. The summed E-state index contributed by atoms with van der Waals surface area (Å²) in [5, 5.41) is 44.9. The third kappa shape index (κ3) is 4.29. The van der Waals surface area contributed by atoms with Gasteiger partial charge in [-0.1, -0.05) is 0 Å². The van der Waals surface area contributed by atoms with Crippen LogP contribution in [0.1, 0.15) is 0 Å². The predicted molar refractivity (Wildman–Crippen MR) is 46.1 cm³/mol. The molecule has 0 rings (SSSR count). The predicted octanol–water partition coefficient (Wildman–Crippen LogP) is -3.64. The molecule has 0 aliphatic carbocycles. The van der Waals surface area contributed by atoms with E-state index in [1.54, 1.807) is 0 Å². The zero-order valence-corrected chi connectivity index (χ0v) is 7.65. The van der Waals surface area contributed by atoms with Gasteiger partial charge in [-0.05, 0) is 0 Å². The molecule has 0 bridgehead atoms. The van der Waals surface area contributed by atoms with Crippen LogP contribution in [0.25, 0.3) is 0 Å². The molecule has 86 valence electrons. The van der Waals surface area contributed by atoms with Gasteiger partial charge in [0.2, 0.25) is 0 Å². The van der Waals surface area contributed by atoms with Gasteiger partial charge >= 0.3 is 0 Å². The third-order valence-electron chi connectivity index (χ3n) is 1.73. The summed E-state index contributed by atoms with van der Waals surface area (Å²) in [6.07, 6.45) is -6.09. The van der Waals surface area contributed by atoms with Gasteiger partial charge in [-0.25, -0.2) is 0 Å². The second kappa shape index (κ2) is 7.07. The molecule has 0 saturated heterocycles. The van der Waals surface area contributed by atoms with Crippen molar-refractivity contribution in [1.82, 2.24) is 0 Å². The molecule has 0 saturated carbocycles. The fourth-order valence-electron chi connectivity index (χ4n) is 0.851. The largest absolute Gasteiger partial charge is 0.394 e. The van der Waals surface area contributed by atoms with Crippen LogP contribution in [0.5, 0.6) is 0 Å². The van der Waals surface area contributed by atoms with E-state index in [4.69, 9.17) is 21.1 Å². The quantitative estimate of drug-likeness (QED) is 0.239. The first-order valence-electron chi connectivity index (χ1n) is 4.15.